The Morgan fingerprint density at radius 2 is 1.74 bits per heavy atom. The SMILES string of the molecule is O=C(NCCN1C(=O)S/C(=C/c2ccccc2)C1=O)c1ccc(N2CCOCC2)cc1. The molecule has 2 heterocycles. The molecule has 7 nitrogen and oxygen atoms in total. The molecule has 2 aromatic rings. The second kappa shape index (κ2) is 9.80. The van der Waals surface area contributed by atoms with Crippen LogP contribution in [0.3, 0.4) is 0 Å². The van der Waals surface area contributed by atoms with Crippen molar-refractivity contribution >= 4 is 40.6 Å². The van der Waals surface area contributed by atoms with Gasteiger partial charge in [-0.3, -0.25) is 19.3 Å². The van der Waals surface area contributed by atoms with E-state index >= 15 is 0 Å². The van der Waals surface area contributed by atoms with Gasteiger partial charge in [0, 0.05) is 37.4 Å². The highest BCUT2D eigenvalue weighted by molar-refractivity contribution is 8.18. The third-order valence-corrected chi connectivity index (χ3v) is 6.01. The van der Waals surface area contributed by atoms with E-state index < -0.39 is 0 Å². The number of amides is 3. The minimum atomic E-state index is -0.331. The number of rotatable bonds is 6. The van der Waals surface area contributed by atoms with Crippen LogP contribution in [0.1, 0.15) is 15.9 Å². The third-order valence-electron chi connectivity index (χ3n) is 5.10. The van der Waals surface area contributed by atoms with Crippen molar-refractivity contribution in [2.45, 2.75) is 0 Å². The summed E-state index contributed by atoms with van der Waals surface area (Å²) in [7, 11) is 0. The Balaban J connectivity index is 1.29. The summed E-state index contributed by atoms with van der Waals surface area (Å²) in [5, 5.41) is 2.46. The number of ether oxygens (including phenoxy) is 1. The zero-order valence-electron chi connectivity index (χ0n) is 17.0. The number of nitrogens with zero attached hydrogens (tertiary/aromatic N) is 2. The van der Waals surface area contributed by atoms with Crippen LogP contribution in [0.5, 0.6) is 0 Å². The average molecular weight is 438 g/mol. The molecule has 0 aliphatic carbocycles. The van der Waals surface area contributed by atoms with Crippen LogP contribution >= 0.6 is 11.8 Å². The maximum atomic E-state index is 12.5. The molecule has 8 heteroatoms. The average Bonchev–Trinajstić information content (AvgIpc) is 3.07. The lowest BCUT2D eigenvalue weighted by atomic mass is 10.1. The number of carbonyl (C=O) groups is 3. The first kappa shape index (κ1) is 21.1. The number of thioether (sulfide) groups is 1. The highest BCUT2D eigenvalue weighted by Gasteiger charge is 2.34. The zero-order valence-corrected chi connectivity index (χ0v) is 17.8. The highest BCUT2D eigenvalue weighted by atomic mass is 32.2. The fourth-order valence-electron chi connectivity index (χ4n) is 3.42. The van der Waals surface area contributed by atoms with Gasteiger partial charge in [0.2, 0.25) is 0 Å². The lowest BCUT2D eigenvalue weighted by Crippen LogP contribution is -2.37. The van der Waals surface area contributed by atoms with E-state index in [1.165, 1.54) is 4.90 Å². The Kier molecular flexibility index (Phi) is 6.69. The van der Waals surface area contributed by atoms with Gasteiger partial charge in [-0.1, -0.05) is 30.3 Å². The van der Waals surface area contributed by atoms with Crippen LogP contribution in [0.15, 0.2) is 59.5 Å². The molecule has 2 aliphatic heterocycles. The first-order valence-corrected chi connectivity index (χ1v) is 10.9. The first-order chi connectivity index (χ1) is 15.1. The molecule has 0 bridgehead atoms. The Morgan fingerprint density at radius 3 is 2.45 bits per heavy atom. The Bertz CT molecular complexity index is 986. The monoisotopic (exact) mass is 437 g/mol. The molecule has 0 saturated carbocycles. The summed E-state index contributed by atoms with van der Waals surface area (Å²) in [5.74, 6) is -0.566. The molecule has 2 aliphatic rings. The summed E-state index contributed by atoms with van der Waals surface area (Å²) in [5.41, 5.74) is 2.46. The minimum Gasteiger partial charge on any atom is -0.378 e. The Hall–Kier alpha value is -3.10. The number of anilines is 1. The predicted octanol–water partition coefficient (Wildman–Crippen LogP) is 2.99. The van der Waals surface area contributed by atoms with Gasteiger partial charge in [-0.05, 0) is 47.7 Å². The fraction of sp³-hybridized carbons (Fsp3) is 0.261. The summed E-state index contributed by atoms with van der Waals surface area (Å²) in [6.45, 7) is 3.41. The number of benzene rings is 2. The molecule has 3 amide bonds. The minimum absolute atomic E-state index is 0.133. The van der Waals surface area contributed by atoms with Gasteiger partial charge < -0.3 is 15.0 Å². The van der Waals surface area contributed by atoms with Gasteiger partial charge in [0.1, 0.15) is 0 Å². The molecule has 0 atom stereocenters. The van der Waals surface area contributed by atoms with Crippen LogP contribution in [0, 0.1) is 0 Å². The van der Waals surface area contributed by atoms with Gasteiger partial charge in [-0.15, -0.1) is 0 Å². The van der Waals surface area contributed by atoms with Crippen molar-refractivity contribution in [1.29, 1.82) is 0 Å². The largest absolute Gasteiger partial charge is 0.378 e. The Labute approximate surface area is 185 Å². The zero-order chi connectivity index (χ0) is 21.6. The predicted molar refractivity (Wildman–Crippen MR) is 121 cm³/mol. The molecule has 0 radical (unpaired) electrons. The quantitative estimate of drug-likeness (QED) is 0.700. The number of nitrogens with one attached hydrogen (secondary N) is 1. The van der Waals surface area contributed by atoms with Crippen LogP contribution < -0.4 is 10.2 Å². The van der Waals surface area contributed by atoms with E-state index in [2.05, 4.69) is 10.2 Å². The standard InChI is InChI=1S/C23H23N3O4S/c27-21(18-6-8-19(9-7-18)25-12-14-30-15-13-25)24-10-11-26-22(28)20(31-23(26)29)16-17-4-2-1-3-5-17/h1-9,16H,10-15H2,(H,24,27)/b20-16+. The number of hydrogen-bond donors (Lipinski definition) is 1. The highest BCUT2D eigenvalue weighted by Crippen LogP contribution is 2.31. The van der Waals surface area contributed by atoms with Crippen molar-refractivity contribution in [1.82, 2.24) is 10.2 Å². The van der Waals surface area contributed by atoms with Gasteiger partial charge >= 0.3 is 0 Å². The molecule has 2 saturated heterocycles. The Morgan fingerprint density at radius 1 is 1.03 bits per heavy atom. The van der Waals surface area contributed by atoms with Gasteiger partial charge in [-0.25, -0.2) is 0 Å². The van der Waals surface area contributed by atoms with Crippen LogP contribution in [-0.4, -0.2) is 61.3 Å². The molecule has 1 N–H and O–H groups in total. The molecule has 4 rings (SSSR count). The normalized spacial score (nSPS) is 18.0. The molecule has 0 aromatic heterocycles. The van der Waals surface area contributed by atoms with Crippen LogP contribution in [0.2, 0.25) is 0 Å². The van der Waals surface area contributed by atoms with Gasteiger partial charge in [0.05, 0.1) is 18.1 Å². The molecule has 31 heavy (non-hydrogen) atoms. The molecule has 2 aromatic carbocycles. The van der Waals surface area contributed by atoms with E-state index in [0.29, 0.717) is 23.7 Å². The van der Waals surface area contributed by atoms with Crippen LogP contribution in [-0.2, 0) is 9.53 Å². The third kappa shape index (κ3) is 5.15. The van der Waals surface area contributed by atoms with E-state index in [0.717, 1.165) is 36.1 Å². The van der Waals surface area contributed by atoms with Crippen LogP contribution in [0.25, 0.3) is 6.08 Å². The van der Waals surface area contributed by atoms with Crippen molar-refractivity contribution in [3.8, 4) is 0 Å². The van der Waals surface area contributed by atoms with Crippen molar-refractivity contribution in [2.75, 3.05) is 44.3 Å². The van der Waals surface area contributed by atoms with E-state index in [1.807, 2.05) is 42.5 Å². The molecule has 0 unspecified atom stereocenters. The van der Waals surface area contributed by atoms with Crippen molar-refractivity contribution in [3.63, 3.8) is 0 Å². The van der Waals surface area contributed by atoms with Crippen molar-refractivity contribution in [3.05, 3.63) is 70.6 Å². The number of carbonyl (C=O) groups excluding carboxylic acids is 3. The maximum Gasteiger partial charge on any atom is 0.293 e. The van der Waals surface area contributed by atoms with Crippen molar-refractivity contribution < 1.29 is 19.1 Å². The lowest BCUT2D eigenvalue weighted by Gasteiger charge is -2.28. The molecule has 0 spiro atoms. The van der Waals surface area contributed by atoms with E-state index in [9.17, 15) is 14.4 Å². The van der Waals surface area contributed by atoms with Gasteiger partial charge in [-0.2, -0.15) is 0 Å². The summed E-state index contributed by atoms with van der Waals surface area (Å²) in [6, 6.07) is 16.8. The molecular formula is C23H23N3O4S. The van der Waals surface area contributed by atoms with Gasteiger partial charge in [0.15, 0.2) is 0 Å². The lowest BCUT2D eigenvalue weighted by molar-refractivity contribution is -0.122. The molecule has 160 valence electrons. The topological polar surface area (TPSA) is 79.0 Å². The van der Waals surface area contributed by atoms with E-state index in [1.54, 1.807) is 18.2 Å². The summed E-state index contributed by atoms with van der Waals surface area (Å²) in [4.78, 5) is 41.0. The summed E-state index contributed by atoms with van der Waals surface area (Å²) in [6.07, 6.45) is 1.71. The first-order valence-electron chi connectivity index (χ1n) is 10.1. The molecule has 2 fully saturated rings. The summed E-state index contributed by atoms with van der Waals surface area (Å²) >= 11 is 0.919. The van der Waals surface area contributed by atoms with Crippen molar-refractivity contribution in [2.24, 2.45) is 0 Å². The van der Waals surface area contributed by atoms with E-state index in [4.69, 9.17) is 4.74 Å². The molecular weight excluding hydrogens is 414 g/mol. The van der Waals surface area contributed by atoms with Crippen LogP contribution in [0.4, 0.5) is 10.5 Å². The number of hydrogen-bond acceptors (Lipinski definition) is 6. The van der Waals surface area contributed by atoms with Gasteiger partial charge in [0.25, 0.3) is 17.1 Å². The number of morpholine rings is 1. The summed E-state index contributed by atoms with van der Waals surface area (Å²) < 4.78 is 5.36. The second-order valence-corrected chi connectivity index (χ2v) is 8.14. The second-order valence-electron chi connectivity index (χ2n) is 7.15. The smallest absolute Gasteiger partial charge is 0.293 e. The maximum absolute atomic E-state index is 12.5. The van der Waals surface area contributed by atoms with E-state index in [-0.39, 0.29) is 30.1 Å². The number of imide groups is 1. The fourth-order valence-corrected chi connectivity index (χ4v) is 4.29.